The molecule has 3 atom stereocenters. The van der Waals surface area contributed by atoms with E-state index in [9.17, 15) is 4.79 Å². The third-order valence-corrected chi connectivity index (χ3v) is 4.95. The van der Waals surface area contributed by atoms with Crippen molar-refractivity contribution in [1.82, 2.24) is 14.7 Å². The van der Waals surface area contributed by atoms with Crippen molar-refractivity contribution in [2.45, 2.75) is 64.3 Å². The predicted molar refractivity (Wildman–Crippen MR) is 90.5 cm³/mol. The van der Waals surface area contributed by atoms with Crippen molar-refractivity contribution in [3.63, 3.8) is 0 Å². The summed E-state index contributed by atoms with van der Waals surface area (Å²) in [5.74, 6) is 0.280. The maximum Gasteiger partial charge on any atom is 0.252 e. The molecule has 2 fully saturated rings. The van der Waals surface area contributed by atoms with Gasteiger partial charge in [-0.1, -0.05) is 13.8 Å². The summed E-state index contributed by atoms with van der Waals surface area (Å²) in [5, 5.41) is 4.27. The second kappa shape index (κ2) is 8.12. The Kier molecular flexibility index (Phi) is 5.89. The first-order valence-electron chi connectivity index (χ1n) is 9.16. The van der Waals surface area contributed by atoms with Crippen LogP contribution in [0.25, 0.3) is 0 Å². The van der Waals surface area contributed by atoms with E-state index in [1.54, 1.807) is 6.20 Å². The number of carbonyl (C=O) groups excluding carboxylic acids is 1. The van der Waals surface area contributed by atoms with E-state index in [2.05, 4.69) is 18.9 Å². The molecule has 1 aromatic heterocycles. The molecule has 24 heavy (non-hydrogen) atoms. The topological polar surface area (TPSA) is 56.6 Å². The van der Waals surface area contributed by atoms with Gasteiger partial charge in [-0.15, -0.1) is 0 Å². The van der Waals surface area contributed by atoms with Crippen LogP contribution in [0.15, 0.2) is 18.5 Å². The number of hydrogen-bond donors (Lipinski definition) is 0. The van der Waals surface area contributed by atoms with Gasteiger partial charge < -0.3 is 14.4 Å². The molecule has 6 nitrogen and oxygen atoms in total. The Morgan fingerprint density at radius 2 is 2.25 bits per heavy atom. The molecule has 3 unspecified atom stereocenters. The fraction of sp³-hybridized carbons (Fsp3) is 0.778. The van der Waals surface area contributed by atoms with Crippen LogP contribution in [-0.4, -0.2) is 58.6 Å². The van der Waals surface area contributed by atoms with Crippen molar-refractivity contribution >= 4 is 5.91 Å². The van der Waals surface area contributed by atoms with E-state index < -0.39 is 0 Å². The monoisotopic (exact) mass is 335 g/mol. The van der Waals surface area contributed by atoms with Gasteiger partial charge in [0.15, 0.2) is 0 Å². The highest BCUT2D eigenvalue weighted by atomic mass is 16.5. The maximum atomic E-state index is 13.1. The average molecular weight is 335 g/mol. The standard InChI is InChI=1S/C18H29N3O3/c1-14(2)17(24-13-16-7-4-11-23-16)18(22)21-10-3-6-15(21)12-20-9-5-8-19-20/h5,8-9,14-17H,3-4,6-7,10-13H2,1-2H3. The maximum absolute atomic E-state index is 13.1. The van der Waals surface area contributed by atoms with Gasteiger partial charge in [0.05, 0.1) is 25.3 Å². The number of hydrogen-bond acceptors (Lipinski definition) is 4. The predicted octanol–water partition coefficient (Wildman–Crippen LogP) is 2.09. The third kappa shape index (κ3) is 4.16. The number of carbonyl (C=O) groups is 1. The van der Waals surface area contributed by atoms with Crippen molar-refractivity contribution in [2.75, 3.05) is 19.8 Å². The molecule has 0 saturated carbocycles. The molecule has 6 heteroatoms. The Morgan fingerprint density at radius 1 is 1.38 bits per heavy atom. The summed E-state index contributed by atoms with van der Waals surface area (Å²) in [6, 6.07) is 2.13. The van der Waals surface area contributed by atoms with Gasteiger partial charge in [-0.05, 0) is 37.7 Å². The summed E-state index contributed by atoms with van der Waals surface area (Å²) in [6.45, 7) is 7.01. The Hall–Kier alpha value is -1.40. The molecule has 2 saturated heterocycles. The van der Waals surface area contributed by atoms with Gasteiger partial charge in [0.2, 0.25) is 0 Å². The van der Waals surface area contributed by atoms with E-state index in [1.807, 2.05) is 21.8 Å². The van der Waals surface area contributed by atoms with Crippen molar-refractivity contribution in [3.8, 4) is 0 Å². The molecule has 3 rings (SSSR count). The highest BCUT2D eigenvalue weighted by Crippen LogP contribution is 2.23. The van der Waals surface area contributed by atoms with E-state index in [0.29, 0.717) is 6.61 Å². The van der Waals surface area contributed by atoms with Crippen LogP contribution >= 0.6 is 0 Å². The Bertz CT molecular complexity index is 512. The minimum absolute atomic E-state index is 0.123. The summed E-state index contributed by atoms with van der Waals surface area (Å²) in [4.78, 5) is 15.1. The second-order valence-corrected chi connectivity index (χ2v) is 7.19. The van der Waals surface area contributed by atoms with Gasteiger partial charge in [0, 0.05) is 25.5 Å². The zero-order valence-corrected chi connectivity index (χ0v) is 14.8. The van der Waals surface area contributed by atoms with Crippen LogP contribution in [0.1, 0.15) is 39.5 Å². The zero-order chi connectivity index (χ0) is 16.9. The molecule has 2 aliphatic heterocycles. The van der Waals surface area contributed by atoms with Gasteiger partial charge in [-0.3, -0.25) is 9.48 Å². The fourth-order valence-electron chi connectivity index (χ4n) is 3.64. The van der Waals surface area contributed by atoms with E-state index >= 15 is 0 Å². The first kappa shape index (κ1) is 17.4. The van der Waals surface area contributed by atoms with E-state index in [-0.39, 0.29) is 30.1 Å². The van der Waals surface area contributed by atoms with E-state index in [0.717, 1.165) is 45.4 Å². The smallest absolute Gasteiger partial charge is 0.252 e. The summed E-state index contributed by atoms with van der Waals surface area (Å²) >= 11 is 0. The first-order valence-corrected chi connectivity index (χ1v) is 9.16. The van der Waals surface area contributed by atoms with Gasteiger partial charge in [0.25, 0.3) is 5.91 Å². The molecular formula is C18H29N3O3. The Balaban J connectivity index is 1.59. The molecule has 1 amide bonds. The van der Waals surface area contributed by atoms with Crippen LogP contribution in [0.5, 0.6) is 0 Å². The number of nitrogens with zero attached hydrogens (tertiary/aromatic N) is 3. The van der Waals surface area contributed by atoms with Crippen LogP contribution in [0, 0.1) is 5.92 Å². The minimum Gasteiger partial charge on any atom is -0.376 e. The van der Waals surface area contributed by atoms with Crippen LogP contribution in [0.2, 0.25) is 0 Å². The van der Waals surface area contributed by atoms with Crippen molar-refractivity contribution < 1.29 is 14.3 Å². The van der Waals surface area contributed by atoms with E-state index in [1.165, 1.54) is 0 Å². The lowest BCUT2D eigenvalue weighted by Crippen LogP contribution is -2.47. The molecule has 2 aliphatic rings. The lowest BCUT2D eigenvalue weighted by atomic mass is 10.1. The lowest BCUT2D eigenvalue weighted by molar-refractivity contribution is -0.150. The molecule has 0 spiro atoms. The summed E-state index contributed by atoms with van der Waals surface area (Å²) in [6.07, 6.45) is 7.70. The van der Waals surface area contributed by atoms with Gasteiger partial charge in [0.1, 0.15) is 6.10 Å². The number of rotatable bonds is 7. The van der Waals surface area contributed by atoms with Crippen molar-refractivity contribution in [3.05, 3.63) is 18.5 Å². The lowest BCUT2D eigenvalue weighted by Gasteiger charge is -2.31. The third-order valence-electron chi connectivity index (χ3n) is 4.95. The molecule has 0 bridgehead atoms. The van der Waals surface area contributed by atoms with Crippen molar-refractivity contribution in [1.29, 1.82) is 0 Å². The molecule has 0 radical (unpaired) electrons. The van der Waals surface area contributed by atoms with Gasteiger partial charge in [-0.2, -0.15) is 5.10 Å². The van der Waals surface area contributed by atoms with E-state index in [4.69, 9.17) is 9.47 Å². The normalized spacial score (nSPS) is 25.5. The van der Waals surface area contributed by atoms with Crippen LogP contribution < -0.4 is 0 Å². The second-order valence-electron chi connectivity index (χ2n) is 7.19. The largest absolute Gasteiger partial charge is 0.376 e. The molecular weight excluding hydrogens is 306 g/mol. The number of ether oxygens (including phenoxy) is 2. The quantitative estimate of drug-likeness (QED) is 0.766. The van der Waals surface area contributed by atoms with Crippen LogP contribution in [0.3, 0.4) is 0 Å². The van der Waals surface area contributed by atoms with Gasteiger partial charge in [-0.25, -0.2) is 0 Å². The summed E-state index contributed by atoms with van der Waals surface area (Å²) < 4.78 is 13.5. The molecule has 1 aromatic rings. The Labute approximate surface area is 144 Å². The number of amides is 1. The van der Waals surface area contributed by atoms with Crippen LogP contribution in [0.4, 0.5) is 0 Å². The summed E-state index contributed by atoms with van der Waals surface area (Å²) in [7, 11) is 0. The number of aromatic nitrogens is 2. The zero-order valence-electron chi connectivity index (χ0n) is 14.8. The fourth-order valence-corrected chi connectivity index (χ4v) is 3.64. The Morgan fingerprint density at radius 3 is 2.92 bits per heavy atom. The molecule has 0 aliphatic carbocycles. The highest BCUT2D eigenvalue weighted by Gasteiger charge is 2.35. The SMILES string of the molecule is CC(C)C(OCC1CCCO1)C(=O)N1CCCC1Cn1cccn1. The molecule has 0 aromatic carbocycles. The van der Waals surface area contributed by atoms with Crippen LogP contribution in [-0.2, 0) is 20.8 Å². The van der Waals surface area contributed by atoms with Crippen molar-refractivity contribution in [2.24, 2.45) is 5.92 Å². The molecule has 3 heterocycles. The highest BCUT2D eigenvalue weighted by molar-refractivity contribution is 5.81. The minimum atomic E-state index is -0.382. The first-order chi connectivity index (χ1) is 11.6. The van der Waals surface area contributed by atoms with Gasteiger partial charge >= 0.3 is 0 Å². The number of likely N-dealkylation sites (tertiary alicyclic amines) is 1. The molecule has 134 valence electrons. The summed E-state index contributed by atoms with van der Waals surface area (Å²) in [5.41, 5.74) is 0. The average Bonchev–Trinajstić information content (AvgIpc) is 3.29. The molecule has 0 N–H and O–H groups in total.